The first kappa shape index (κ1) is 18.4. The molecular formula is C17H18N4O3S2. The van der Waals surface area contributed by atoms with E-state index in [0.29, 0.717) is 23.7 Å². The Kier molecular flexibility index (Phi) is 5.89. The van der Waals surface area contributed by atoms with Gasteiger partial charge in [0.1, 0.15) is 6.04 Å². The quantitative estimate of drug-likeness (QED) is 0.657. The number of amides is 3. The van der Waals surface area contributed by atoms with Gasteiger partial charge in [-0.15, -0.1) is 23.1 Å². The maximum Gasteiger partial charge on any atom is 0.248 e. The van der Waals surface area contributed by atoms with Crippen molar-refractivity contribution >= 4 is 51.6 Å². The van der Waals surface area contributed by atoms with Gasteiger partial charge < -0.3 is 16.0 Å². The normalized spacial score (nSPS) is 16.2. The second-order valence-electron chi connectivity index (χ2n) is 5.75. The van der Waals surface area contributed by atoms with Gasteiger partial charge in [0.05, 0.1) is 12.1 Å². The van der Waals surface area contributed by atoms with Gasteiger partial charge in [-0.3, -0.25) is 14.4 Å². The van der Waals surface area contributed by atoms with Crippen LogP contribution in [-0.2, 0) is 20.8 Å². The van der Waals surface area contributed by atoms with Crippen LogP contribution in [0.4, 0.5) is 10.8 Å². The number of hydrogen-bond donors (Lipinski definition) is 3. The Morgan fingerprint density at radius 1 is 1.38 bits per heavy atom. The summed E-state index contributed by atoms with van der Waals surface area (Å²) in [6.45, 7) is 0. The molecule has 3 amide bonds. The highest BCUT2D eigenvalue weighted by Crippen LogP contribution is 2.20. The van der Waals surface area contributed by atoms with Gasteiger partial charge in [-0.05, 0) is 30.9 Å². The van der Waals surface area contributed by atoms with Crippen LogP contribution >= 0.6 is 23.1 Å². The lowest BCUT2D eigenvalue weighted by Gasteiger charge is -2.08. The summed E-state index contributed by atoms with van der Waals surface area (Å²) in [5, 5.41) is 10.3. The van der Waals surface area contributed by atoms with Crippen molar-refractivity contribution in [3.05, 3.63) is 35.3 Å². The molecule has 1 aliphatic rings. The molecule has 0 saturated carbocycles. The number of carbonyl (C=O) groups is 3. The number of nitrogens with zero attached hydrogens (tertiary/aromatic N) is 1. The van der Waals surface area contributed by atoms with Gasteiger partial charge >= 0.3 is 0 Å². The molecule has 1 saturated heterocycles. The fourth-order valence-electron chi connectivity index (χ4n) is 2.52. The number of anilines is 2. The zero-order valence-electron chi connectivity index (χ0n) is 14.1. The van der Waals surface area contributed by atoms with Crippen molar-refractivity contribution in [3.8, 4) is 0 Å². The van der Waals surface area contributed by atoms with E-state index in [4.69, 9.17) is 0 Å². The molecule has 1 atom stereocenters. The molecule has 26 heavy (non-hydrogen) atoms. The van der Waals surface area contributed by atoms with Crippen molar-refractivity contribution in [3.63, 3.8) is 0 Å². The fraction of sp³-hybridized carbons (Fsp3) is 0.294. The Balaban J connectivity index is 1.53. The van der Waals surface area contributed by atoms with Crippen LogP contribution in [0.3, 0.4) is 0 Å². The topological polar surface area (TPSA) is 100 Å². The summed E-state index contributed by atoms with van der Waals surface area (Å²) < 4.78 is 0. The van der Waals surface area contributed by atoms with Gasteiger partial charge in [0, 0.05) is 22.4 Å². The van der Waals surface area contributed by atoms with Gasteiger partial charge in [-0.1, -0.05) is 6.07 Å². The molecule has 1 aliphatic heterocycles. The number of thiazole rings is 1. The van der Waals surface area contributed by atoms with Crippen molar-refractivity contribution < 1.29 is 14.4 Å². The highest BCUT2D eigenvalue weighted by molar-refractivity contribution is 7.98. The minimum Gasteiger partial charge on any atom is -0.344 e. The summed E-state index contributed by atoms with van der Waals surface area (Å²) in [5.74, 6) is -0.572. The van der Waals surface area contributed by atoms with E-state index in [1.165, 1.54) is 11.3 Å². The van der Waals surface area contributed by atoms with Crippen LogP contribution in [0, 0.1) is 0 Å². The summed E-state index contributed by atoms with van der Waals surface area (Å²) in [6, 6.07) is 7.09. The molecule has 0 radical (unpaired) electrons. The molecule has 0 aliphatic carbocycles. The zero-order chi connectivity index (χ0) is 18.5. The number of hydrogen-bond acceptors (Lipinski definition) is 6. The van der Waals surface area contributed by atoms with Crippen molar-refractivity contribution in [1.82, 2.24) is 10.3 Å². The Bertz CT molecular complexity index is 837. The maximum absolute atomic E-state index is 12.2. The first-order valence-corrected chi connectivity index (χ1v) is 10.1. The number of aromatic nitrogens is 1. The lowest BCUT2D eigenvalue weighted by Crippen LogP contribution is -2.37. The summed E-state index contributed by atoms with van der Waals surface area (Å²) in [7, 11) is 0. The average molecular weight is 390 g/mol. The van der Waals surface area contributed by atoms with Crippen molar-refractivity contribution in [1.29, 1.82) is 0 Å². The molecular weight excluding hydrogens is 372 g/mol. The molecule has 7 nitrogen and oxygen atoms in total. The van der Waals surface area contributed by atoms with Gasteiger partial charge in [0.25, 0.3) is 0 Å². The van der Waals surface area contributed by atoms with Crippen LogP contribution in [-0.4, -0.2) is 35.0 Å². The number of thioether (sulfide) groups is 1. The molecule has 136 valence electrons. The highest BCUT2D eigenvalue weighted by atomic mass is 32.2. The van der Waals surface area contributed by atoms with E-state index in [2.05, 4.69) is 20.9 Å². The van der Waals surface area contributed by atoms with Crippen LogP contribution in [0.25, 0.3) is 0 Å². The Labute approximate surface area is 159 Å². The second kappa shape index (κ2) is 8.33. The van der Waals surface area contributed by atoms with Crippen LogP contribution in [0.2, 0.25) is 0 Å². The van der Waals surface area contributed by atoms with Gasteiger partial charge in [-0.25, -0.2) is 4.98 Å². The molecule has 1 aromatic heterocycles. The predicted octanol–water partition coefficient (Wildman–Crippen LogP) is 2.26. The fourth-order valence-corrected chi connectivity index (χ4v) is 3.69. The summed E-state index contributed by atoms with van der Waals surface area (Å²) >= 11 is 2.86. The second-order valence-corrected chi connectivity index (χ2v) is 7.49. The van der Waals surface area contributed by atoms with Crippen molar-refractivity contribution in [2.45, 2.75) is 30.2 Å². The molecule has 9 heteroatoms. The van der Waals surface area contributed by atoms with E-state index in [1.807, 2.05) is 30.5 Å². The van der Waals surface area contributed by atoms with E-state index < -0.39 is 6.04 Å². The average Bonchev–Trinajstić information content (AvgIpc) is 3.24. The molecule has 0 spiro atoms. The molecule has 0 bridgehead atoms. The summed E-state index contributed by atoms with van der Waals surface area (Å²) in [4.78, 5) is 40.7. The number of carbonyl (C=O) groups excluding carboxylic acids is 3. The Morgan fingerprint density at radius 3 is 2.96 bits per heavy atom. The Hall–Kier alpha value is -2.39. The van der Waals surface area contributed by atoms with Gasteiger partial charge in [0.15, 0.2) is 5.13 Å². The van der Waals surface area contributed by atoms with E-state index >= 15 is 0 Å². The molecule has 3 N–H and O–H groups in total. The first-order chi connectivity index (χ1) is 12.5. The van der Waals surface area contributed by atoms with Crippen LogP contribution in [0.5, 0.6) is 0 Å². The third-order valence-electron chi connectivity index (χ3n) is 3.79. The largest absolute Gasteiger partial charge is 0.344 e. The van der Waals surface area contributed by atoms with E-state index in [0.717, 1.165) is 10.6 Å². The van der Waals surface area contributed by atoms with Gasteiger partial charge in [-0.2, -0.15) is 0 Å². The number of rotatable bonds is 6. The Morgan fingerprint density at radius 2 is 2.23 bits per heavy atom. The van der Waals surface area contributed by atoms with Crippen LogP contribution in [0.15, 0.2) is 34.5 Å². The molecule has 3 rings (SSSR count). The van der Waals surface area contributed by atoms with Crippen LogP contribution in [0.1, 0.15) is 18.5 Å². The first-order valence-electron chi connectivity index (χ1n) is 8.02. The van der Waals surface area contributed by atoms with E-state index in [-0.39, 0.29) is 24.1 Å². The maximum atomic E-state index is 12.2. The minimum absolute atomic E-state index is 0.118. The standard InChI is InChI=1S/C17H18N4O3S2/c1-25-12-4-2-3-10(7-12)18-15(23)8-11-9-26-17(19-11)21-16(24)13-5-6-14(22)20-13/h2-4,7,9,13H,5-6,8H2,1H3,(H,18,23)(H,20,22)(H,19,21,24)/t13-/m0/s1. The van der Waals surface area contributed by atoms with Crippen LogP contribution < -0.4 is 16.0 Å². The lowest BCUT2D eigenvalue weighted by molar-refractivity contribution is -0.122. The summed E-state index contributed by atoms with van der Waals surface area (Å²) in [5.41, 5.74) is 1.32. The van der Waals surface area contributed by atoms with Crippen molar-refractivity contribution in [2.75, 3.05) is 16.9 Å². The van der Waals surface area contributed by atoms with E-state index in [9.17, 15) is 14.4 Å². The van der Waals surface area contributed by atoms with Gasteiger partial charge in [0.2, 0.25) is 17.7 Å². The summed E-state index contributed by atoms with van der Waals surface area (Å²) in [6.07, 6.45) is 2.94. The molecule has 1 fully saturated rings. The SMILES string of the molecule is CSc1cccc(NC(=O)Cc2csc(NC(=O)[C@@H]3CCC(=O)N3)n2)c1. The number of nitrogens with one attached hydrogen (secondary N) is 3. The third kappa shape index (κ3) is 4.83. The third-order valence-corrected chi connectivity index (χ3v) is 5.32. The zero-order valence-corrected chi connectivity index (χ0v) is 15.7. The molecule has 2 aromatic rings. The van der Waals surface area contributed by atoms with E-state index in [1.54, 1.807) is 17.1 Å². The predicted molar refractivity (Wildman–Crippen MR) is 102 cm³/mol. The highest BCUT2D eigenvalue weighted by Gasteiger charge is 2.27. The minimum atomic E-state index is -0.512. The number of benzene rings is 1. The van der Waals surface area contributed by atoms with Crippen molar-refractivity contribution in [2.24, 2.45) is 0 Å². The lowest BCUT2D eigenvalue weighted by atomic mass is 10.2. The monoisotopic (exact) mass is 390 g/mol. The molecule has 0 unspecified atom stereocenters. The molecule has 1 aromatic carbocycles. The molecule has 2 heterocycles. The smallest absolute Gasteiger partial charge is 0.248 e.